The molecule has 0 aliphatic heterocycles. The topological polar surface area (TPSA) is 78.4 Å². The van der Waals surface area contributed by atoms with Crippen molar-refractivity contribution in [3.63, 3.8) is 0 Å². The van der Waals surface area contributed by atoms with Crippen LogP contribution >= 0.6 is 11.3 Å². The number of phenols is 1. The van der Waals surface area contributed by atoms with Gasteiger partial charge in [-0.25, -0.2) is 0 Å². The molecule has 1 aliphatic rings. The number of amides is 2. The van der Waals surface area contributed by atoms with Crippen molar-refractivity contribution in [1.29, 1.82) is 0 Å². The van der Waals surface area contributed by atoms with Crippen molar-refractivity contribution >= 4 is 23.2 Å². The Balaban J connectivity index is 1.65. The lowest BCUT2D eigenvalue weighted by Gasteiger charge is -2.08. The number of carbonyl (C=O) groups excluding carboxylic acids is 2. The fraction of sp³-hybridized carbons (Fsp3) is 0.294. The fourth-order valence-electron chi connectivity index (χ4n) is 2.69. The van der Waals surface area contributed by atoms with Gasteiger partial charge in [-0.3, -0.25) is 20.4 Å². The summed E-state index contributed by atoms with van der Waals surface area (Å²) in [5.41, 5.74) is 6.75. The largest absolute Gasteiger partial charge is 0.507 e. The van der Waals surface area contributed by atoms with E-state index in [2.05, 4.69) is 10.9 Å². The maximum Gasteiger partial charge on any atom is 0.279 e. The van der Waals surface area contributed by atoms with E-state index >= 15 is 0 Å². The lowest BCUT2D eigenvalue weighted by molar-refractivity contribution is 0.0847. The molecular formula is C17H18N2O3S. The Labute approximate surface area is 138 Å². The SMILES string of the molecule is Cc1cccc(C(=O)NNC(=O)c2cc3c(s2)CCCC3)c1O. The van der Waals surface area contributed by atoms with Crippen LogP contribution in [0.1, 0.15) is 48.9 Å². The average Bonchev–Trinajstić information content (AvgIpc) is 2.99. The van der Waals surface area contributed by atoms with Gasteiger partial charge in [0.15, 0.2) is 0 Å². The zero-order chi connectivity index (χ0) is 16.4. The van der Waals surface area contributed by atoms with Crippen molar-refractivity contribution < 1.29 is 14.7 Å². The van der Waals surface area contributed by atoms with Crippen LogP contribution in [-0.4, -0.2) is 16.9 Å². The van der Waals surface area contributed by atoms with Crippen molar-refractivity contribution in [2.75, 3.05) is 0 Å². The Hall–Kier alpha value is -2.34. The maximum atomic E-state index is 12.2. The summed E-state index contributed by atoms with van der Waals surface area (Å²) >= 11 is 1.48. The molecule has 0 atom stereocenters. The molecule has 0 saturated carbocycles. The van der Waals surface area contributed by atoms with E-state index in [1.165, 1.54) is 27.8 Å². The highest BCUT2D eigenvalue weighted by Gasteiger charge is 2.18. The maximum absolute atomic E-state index is 12.2. The number of phenolic OH excluding ortho intramolecular Hbond substituents is 1. The van der Waals surface area contributed by atoms with Crippen molar-refractivity contribution in [3.05, 3.63) is 50.7 Å². The highest BCUT2D eigenvalue weighted by molar-refractivity contribution is 7.14. The van der Waals surface area contributed by atoms with E-state index in [9.17, 15) is 14.7 Å². The molecule has 2 aromatic rings. The zero-order valence-electron chi connectivity index (χ0n) is 12.8. The predicted octanol–water partition coefficient (Wildman–Crippen LogP) is 2.72. The van der Waals surface area contributed by atoms with Crippen molar-refractivity contribution in [1.82, 2.24) is 10.9 Å². The monoisotopic (exact) mass is 330 g/mol. The third kappa shape index (κ3) is 3.22. The van der Waals surface area contributed by atoms with Crippen LogP contribution in [-0.2, 0) is 12.8 Å². The van der Waals surface area contributed by atoms with E-state index in [0.29, 0.717) is 10.4 Å². The number of rotatable bonds is 2. The van der Waals surface area contributed by atoms with Gasteiger partial charge in [0.05, 0.1) is 10.4 Å². The Morgan fingerprint density at radius 3 is 2.65 bits per heavy atom. The van der Waals surface area contributed by atoms with Crippen LogP contribution in [0.5, 0.6) is 5.75 Å². The average molecular weight is 330 g/mol. The van der Waals surface area contributed by atoms with E-state index in [4.69, 9.17) is 0 Å². The van der Waals surface area contributed by atoms with Crippen LogP contribution in [0.3, 0.4) is 0 Å². The van der Waals surface area contributed by atoms with Gasteiger partial charge < -0.3 is 5.11 Å². The summed E-state index contributed by atoms with van der Waals surface area (Å²) in [6, 6.07) is 6.80. The van der Waals surface area contributed by atoms with Crippen molar-refractivity contribution in [3.8, 4) is 5.75 Å². The van der Waals surface area contributed by atoms with E-state index < -0.39 is 5.91 Å². The van der Waals surface area contributed by atoms with Gasteiger partial charge in [-0.2, -0.15) is 0 Å². The number of fused-ring (bicyclic) bond motifs is 1. The van der Waals surface area contributed by atoms with E-state index in [1.54, 1.807) is 19.1 Å². The molecule has 5 nitrogen and oxygen atoms in total. The molecule has 3 rings (SSSR count). The second-order valence-corrected chi connectivity index (χ2v) is 6.78. The molecular weight excluding hydrogens is 312 g/mol. The number of nitrogens with one attached hydrogen (secondary N) is 2. The first-order chi connectivity index (χ1) is 11.1. The summed E-state index contributed by atoms with van der Waals surface area (Å²) in [6.07, 6.45) is 4.37. The number of benzene rings is 1. The Bertz CT molecular complexity index is 744. The third-order valence-corrected chi connectivity index (χ3v) is 5.23. The van der Waals surface area contributed by atoms with Gasteiger partial charge in [-0.05, 0) is 55.9 Å². The first-order valence-electron chi connectivity index (χ1n) is 7.57. The minimum atomic E-state index is -0.541. The highest BCUT2D eigenvalue weighted by Crippen LogP contribution is 2.29. The zero-order valence-corrected chi connectivity index (χ0v) is 13.6. The number of carbonyl (C=O) groups is 2. The van der Waals surface area contributed by atoms with Crippen LogP contribution in [0.4, 0.5) is 0 Å². The van der Waals surface area contributed by atoms with Crippen LogP contribution in [0, 0.1) is 6.92 Å². The number of thiophene rings is 1. The number of para-hydroxylation sites is 1. The Morgan fingerprint density at radius 2 is 1.87 bits per heavy atom. The van der Waals surface area contributed by atoms with Gasteiger partial charge in [-0.15, -0.1) is 11.3 Å². The number of hydrazine groups is 1. The van der Waals surface area contributed by atoms with Crippen LogP contribution in [0.25, 0.3) is 0 Å². The van der Waals surface area contributed by atoms with E-state index in [-0.39, 0.29) is 17.2 Å². The number of hydrogen-bond acceptors (Lipinski definition) is 4. The molecule has 120 valence electrons. The highest BCUT2D eigenvalue weighted by atomic mass is 32.1. The normalized spacial score (nSPS) is 13.3. The molecule has 0 saturated heterocycles. The third-order valence-electron chi connectivity index (χ3n) is 3.99. The molecule has 0 spiro atoms. The fourth-order valence-corrected chi connectivity index (χ4v) is 3.84. The quantitative estimate of drug-likeness (QED) is 0.741. The number of aryl methyl sites for hydroxylation is 3. The lowest BCUT2D eigenvalue weighted by Crippen LogP contribution is -2.41. The predicted molar refractivity (Wildman–Crippen MR) is 88.7 cm³/mol. The molecule has 0 unspecified atom stereocenters. The Morgan fingerprint density at radius 1 is 1.13 bits per heavy atom. The Kier molecular flexibility index (Phi) is 4.34. The summed E-state index contributed by atoms with van der Waals surface area (Å²) in [7, 11) is 0. The van der Waals surface area contributed by atoms with Crippen molar-refractivity contribution in [2.24, 2.45) is 0 Å². The molecule has 3 N–H and O–H groups in total. The first-order valence-corrected chi connectivity index (χ1v) is 8.39. The standard InChI is InChI=1S/C17H18N2O3S/c1-10-5-4-7-12(15(10)20)16(21)18-19-17(22)14-9-11-6-2-3-8-13(11)23-14/h4-5,7,9,20H,2-3,6,8H2,1H3,(H,18,21)(H,19,22). The van der Waals surface area contributed by atoms with Gasteiger partial charge in [0.2, 0.25) is 0 Å². The number of hydrogen-bond donors (Lipinski definition) is 3. The summed E-state index contributed by atoms with van der Waals surface area (Å²) in [5.74, 6) is -0.948. The van der Waals surface area contributed by atoms with Gasteiger partial charge >= 0.3 is 0 Å². The molecule has 1 heterocycles. The first kappa shape index (κ1) is 15.6. The molecule has 0 bridgehead atoms. The summed E-state index contributed by atoms with van der Waals surface area (Å²) in [6.45, 7) is 1.71. The van der Waals surface area contributed by atoms with E-state index in [0.717, 1.165) is 25.7 Å². The minimum absolute atomic E-state index is 0.0779. The summed E-state index contributed by atoms with van der Waals surface area (Å²) in [5, 5.41) is 9.89. The molecule has 1 aromatic heterocycles. The summed E-state index contributed by atoms with van der Waals surface area (Å²) < 4.78 is 0. The smallest absolute Gasteiger partial charge is 0.279 e. The van der Waals surface area contributed by atoms with Crippen LogP contribution in [0.15, 0.2) is 24.3 Å². The van der Waals surface area contributed by atoms with Crippen molar-refractivity contribution in [2.45, 2.75) is 32.6 Å². The molecule has 1 aliphatic carbocycles. The summed E-state index contributed by atoms with van der Waals surface area (Å²) in [4.78, 5) is 26.1. The van der Waals surface area contributed by atoms with Gasteiger partial charge in [0, 0.05) is 4.88 Å². The van der Waals surface area contributed by atoms with Crippen LogP contribution in [0.2, 0.25) is 0 Å². The van der Waals surface area contributed by atoms with Gasteiger partial charge in [0.1, 0.15) is 5.75 Å². The molecule has 23 heavy (non-hydrogen) atoms. The number of aromatic hydroxyl groups is 1. The minimum Gasteiger partial charge on any atom is -0.507 e. The lowest BCUT2D eigenvalue weighted by atomic mass is 9.99. The molecule has 0 radical (unpaired) electrons. The second-order valence-electron chi connectivity index (χ2n) is 5.65. The van der Waals surface area contributed by atoms with Gasteiger partial charge in [-0.1, -0.05) is 12.1 Å². The van der Waals surface area contributed by atoms with Gasteiger partial charge in [0.25, 0.3) is 11.8 Å². The molecule has 6 heteroatoms. The molecule has 0 fully saturated rings. The van der Waals surface area contributed by atoms with E-state index in [1.807, 2.05) is 6.07 Å². The van der Waals surface area contributed by atoms with Crippen LogP contribution < -0.4 is 10.9 Å². The molecule has 2 amide bonds. The molecule has 1 aromatic carbocycles. The second kappa shape index (κ2) is 6.42.